The Morgan fingerprint density at radius 1 is 1.15 bits per heavy atom. The van der Waals surface area contributed by atoms with Gasteiger partial charge in [0.25, 0.3) is 5.91 Å². The number of nitrogens with one attached hydrogen (secondary N) is 1. The monoisotopic (exact) mass is 270 g/mol. The van der Waals surface area contributed by atoms with Gasteiger partial charge in [0.05, 0.1) is 12.3 Å². The van der Waals surface area contributed by atoms with Gasteiger partial charge in [-0.1, -0.05) is 36.4 Å². The van der Waals surface area contributed by atoms with Gasteiger partial charge in [0, 0.05) is 12.5 Å². The van der Waals surface area contributed by atoms with Crippen molar-refractivity contribution in [2.45, 2.75) is 6.04 Å². The van der Waals surface area contributed by atoms with Gasteiger partial charge in [-0.15, -0.1) is 0 Å². The molecule has 1 aliphatic heterocycles. The van der Waals surface area contributed by atoms with E-state index in [9.17, 15) is 9.59 Å². The predicted octanol–water partition coefficient (Wildman–Crippen LogP) is 1.91. The summed E-state index contributed by atoms with van der Waals surface area (Å²) in [6, 6.07) is 12.2. The predicted molar refractivity (Wildman–Crippen MR) is 75.6 cm³/mol. The molecule has 0 saturated carbocycles. The maximum Gasteiger partial charge on any atom is 0.329 e. The molecular weight excluding hydrogens is 256 g/mol. The number of methoxy groups -OCH3 is 1. The topological polar surface area (TPSA) is 58.6 Å². The minimum absolute atomic E-state index is 0.172. The van der Waals surface area contributed by atoms with Crippen LogP contribution in [0.3, 0.4) is 0 Å². The second-order valence-corrected chi connectivity index (χ2v) is 4.63. The Labute approximate surface area is 116 Å². The first-order chi connectivity index (χ1) is 9.72. The lowest BCUT2D eigenvalue weighted by Gasteiger charge is -2.15. The van der Waals surface area contributed by atoms with Crippen molar-refractivity contribution in [2.75, 3.05) is 18.6 Å². The van der Waals surface area contributed by atoms with Crippen molar-refractivity contribution in [2.24, 2.45) is 0 Å². The third-order valence-electron chi connectivity index (χ3n) is 3.36. The van der Waals surface area contributed by atoms with Gasteiger partial charge in [-0.25, -0.2) is 9.69 Å². The van der Waals surface area contributed by atoms with Gasteiger partial charge in [0.15, 0.2) is 0 Å². The van der Waals surface area contributed by atoms with E-state index in [2.05, 4.69) is 5.32 Å². The van der Waals surface area contributed by atoms with Crippen LogP contribution in [0.2, 0.25) is 0 Å². The number of amides is 3. The van der Waals surface area contributed by atoms with Gasteiger partial charge in [0.2, 0.25) is 0 Å². The van der Waals surface area contributed by atoms with Gasteiger partial charge in [0.1, 0.15) is 6.04 Å². The first-order valence-electron chi connectivity index (χ1n) is 6.33. The Bertz CT molecular complexity index is 678. The molecule has 102 valence electrons. The summed E-state index contributed by atoms with van der Waals surface area (Å²) in [5.41, 5.74) is 0.601. The van der Waals surface area contributed by atoms with Crippen molar-refractivity contribution >= 4 is 28.4 Å². The molecule has 0 aliphatic carbocycles. The lowest BCUT2D eigenvalue weighted by Crippen LogP contribution is -2.34. The highest BCUT2D eigenvalue weighted by molar-refractivity contribution is 6.24. The van der Waals surface area contributed by atoms with E-state index >= 15 is 0 Å². The highest BCUT2D eigenvalue weighted by Crippen LogP contribution is 2.29. The molecule has 1 fully saturated rings. The van der Waals surface area contributed by atoms with E-state index < -0.39 is 12.1 Å². The SMILES string of the molecule is COCC1NC(=O)N(c2cccc3ccccc23)C1=O. The maximum atomic E-state index is 12.3. The van der Waals surface area contributed by atoms with Crippen LogP contribution < -0.4 is 10.2 Å². The van der Waals surface area contributed by atoms with E-state index in [1.54, 1.807) is 6.07 Å². The van der Waals surface area contributed by atoms with Crippen molar-refractivity contribution < 1.29 is 14.3 Å². The van der Waals surface area contributed by atoms with Crippen LogP contribution in [0.4, 0.5) is 10.5 Å². The van der Waals surface area contributed by atoms with Gasteiger partial charge in [-0.2, -0.15) is 0 Å². The maximum absolute atomic E-state index is 12.3. The third kappa shape index (κ3) is 1.92. The second kappa shape index (κ2) is 4.94. The summed E-state index contributed by atoms with van der Waals surface area (Å²) in [5.74, 6) is -0.284. The molecule has 3 rings (SSSR count). The van der Waals surface area contributed by atoms with Crippen LogP contribution in [0.5, 0.6) is 0 Å². The summed E-state index contributed by atoms with van der Waals surface area (Å²) in [4.78, 5) is 25.6. The number of fused-ring (bicyclic) bond motifs is 1. The number of anilines is 1. The fourth-order valence-corrected chi connectivity index (χ4v) is 2.44. The van der Waals surface area contributed by atoms with E-state index in [0.717, 1.165) is 10.8 Å². The zero-order valence-electron chi connectivity index (χ0n) is 11.0. The number of imide groups is 1. The summed E-state index contributed by atoms with van der Waals surface area (Å²) in [7, 11) is 1.50. The molecule has 0 radical (unpaired) electrons. The van der Waals surface area contributed by atoms with Crippen LogP contribution in [-0.4, -0.2) is 31.7 Å². The quantitative estimate of drug-likeness (QED) is 0.867. The van der Waals surface area contributed by atoms with Crippen LogP contribution in [-0.2, 0) is 9.53 Å². The largest absolute Gasteiger partial charge is 0.382 e. The van der Waals surface area contributed by atoms with Crippen molar-refractivity contribution in [3.8, 4) is 0 Å². The van der Waals surface area contributed by atoms with Gasteiger partial charge >= 0.3 is 6.03 Å². The normalized spacial score (nSPS) is 18.6. The zero-order chi connectivity index (χ0) is 14.1. The van der Waals surface area contributed by atoms with Crippen molar-refractivity contribution in [1.29, 1.82) is 0 Å². The van der Waals surface area contributed by atoms with Crippen LogP contribution in [0.15, 0.2) is 42.5 Å². The van der Waals surface area contributed by atoms with Gasteiger partial charge in [-0.3, -0.25) is 4.79 Å². The molecular formula is C15H14N2O3. The van der Waals surface area contributed by atoms with Crippen molar-refractivity contribution in [1.82, 2.24) is 5.32 Å². The number of carbonyl (C=O) groups excluding carboxylic acids is 2. The van der Waals surface area contributed by atoms with Gasteiger partial charge < -0.3 is 10.1 Å². The molecule has 0 spiro atoms. The molecule has 2 aromatic rings. The van der Waals surface area contributed by atoms with Crippen LogP contribution in [0, 0.1) is 0 Å². The number of hydrogen-bond acceptors (Lipinski definition) is 3. The number of ether oxygens (including phenoxy) is 1. The summed E-state index contributed by atoms with van der Waals surface area (Å²) in [6.07, 6.45) is 0. The molecule has 1 N–H and O–H groups in total. The summed E-state index contributed by atoms with van der Waals surface area (Å²) in [6.45, 7) is 0.172. The number of nitrogens with zero attached hydrogens (tertiary/aromatic N) is 1. The van der Waals surface area contributed by atoms with Crippen LogP contribution >= 0.6 is 0 Å². The smallest absolute Gasteiger partial charge is 0.329 e. The lowest BCUT2D eigenvalue weighted by atomic mass is 10.1. The molecule has 1 atom stereocenters. The highest BCUT2D eigenvalue weighted by Gasteiger charge is 2.39. The molecule has 1 aliphatic rings. The fourth-order valence-electron chi connectivity index (χ4n) is 2.44. The summed E-state index contributed by atoms with van der Waals surface area (Å²) >= 11 is 0. The van der Waals surface area contributed by atoms with E-state index in [1.807, 2.05) is 36.4 Å². The molecule has 1 saturated heterocycles. The number of urea groups is 1. The Morgan fingerprint density at radius 3 is 2.70 bits per heavy atom. The number of benzene rings is 2. The van der Waals surface area contributed by atoms with Crippen molar-refractivity contribution in [3.05, 3.63) is 42.5 Å². The molecule has 0 bridgehead atoms. The third-order valence-corrected chi connectivity index (χ3v) is 3.36. The molecule has 1 unspecified atom stereocenters. The van der Waals surface area contributed by atoms with E-state index in [0.29, 0.717) is 5.69 Å². The molecule has 1 heterocycles. The van der Waals surface area contributed by atoms with Crippen LogP contribution in [0.1, 0.15) is 0 Å². The molecule has 5 heteroatoms. The first-order valence-corrected chi connectivity index (χ1v) is 6.33. The average Bonchev–Trinajstić information content (AvgIpc) is 2.74. The van der Waals surface area contributed by atoms with Crippen LogP contribution in [0.25, 0.3) is 10.8 Å². The standard InChI is InChI=1S/C15H14N2O3/c1-20-9-12-14(18)17(15(19)16-12)13-8-4-6-10-5-2-3-7-11(10)13/h2-8,12H,9H2,1H3,(H,16,19). The minimum atomic E-state index is -0.619. The Morgan fingerprint density at radius 2 is 1.90 bits per heavy atom. The first kappa shape index (κ1) is 12.6. The van der Waals surface area contributed by atoms with Crippen molar-refractivity contribution in [3.63, 3.8) is 0 Å². The highest BCUT2D eigenvalue weighted by atomic mass is 16.5. The zero-order valence-corrected chi connectivity index (χ0v) is 11.0. The molecule has 20 heavy (non-hydrogen) atoms. The molecule has 0 aromatic heterocycles. The van der Waals surface area contributed by atoms with Gasteiger partial charge in [-0.05, 0) is 11.5 Å². The Hall–Kier alpha value is -2.40. The number of carbonyl (C=O) groups is 2. The Balaban J connectivity index is 2.07. The van der Waals surface area contributed by atoms with E-state index in [1.165, 1.54) is 12.0 Å². The molecule has 3 amide bonds. The lowest BCUT2D eigenvalue weighted by molar-refractivity contribution is -0.119. The summed E-state index contributed by atoms with van der Waals surface area (Å²) < 4.78 is 4.95. The van der Waals surface area contributed by atoms with E-state index in [-0.39, 0.29) is 12.5 Å². The van der Waals surface area contributed by atoms with E-state index in [4.69, 9.17) is 4.74 Å². The number of hydrogen-bond donors (Lipinski definition) is 1. The average molecular weight is 270 g/mol. The summed E-state index contributed by atoms with van der Waals surface area (Å²) in [5, 5.41) is 4.49. The molecule has 5 nitrogen and oxygen atoms in total. The minimum Gasteiger partial charge on any atom is -0.382 e. The molecule has 2 aromatic carbocycles. The number of rotatable bonds is 3. The Kier molecular flexibility index (Phi) is 3.12. The fraction of sp³-hybridized carbons (Fsp3) is 0.200. The second-order valence-electron chi connectivity index (χ2n) is 4.63.